The van der Waals surface area contributed by atoms with Crippen molar-refractivity contribution in [1.29, 1.82) is 0 Å². The highest BCUT2D eigenvalue weighted by molar-refractivity contribution is 9.10. The summed E-state index contributed by atoms with van der Waals surface area (Å²) in [6, 6.07) is 11.5. The maximum atomic E-state index is 9.87. The maximum absolute atomic E-state index is 9.87. The molecule has 0 aliphatic rings. The van der Waals surface area contributed by atoms with E-state index in [1.54, 1.807) is 11.3 Å². The quantitative estimate of drug-likeness (QED) is 0.915. The molecular weight excluding hydrogens is 300 g/mol. The van der Waals surface area contributed by atoms with E-state index in [1.807, 2.05) is 41.8 Å². The van der Waals surface area contributed by atoms with Crippen LogP contribution in [0, 0.1) is 0 Å². The van der Waals surface area contributed by atoms with Gasteiger partial charge in [-0.3, -0.25) is 0 Å². The SMILES string of the molecule is OC(COc1ccccc1)Cc1sccc1Br. The van der Waals surface area contributed by atoms with Crippen molar-refractivity contribution in [3.8, 4) is 5.75 Å². The fraction of sp³-hybridized carbons (Fsp3) is 0.231. The standard InChI is InChI=1S/C13H13BrO2S/c14-12-6-7-17-13(12)8-10(15)9-16-11-4-2-1-3-5-11/h1-7,10,15H,8-9H2. The number of aliphatic hydroxyl groups excluding tert-OH is 1. The van der Waals surface area contributed by atoms with Crippen molar-refractivity contribution in [2.45, 2.75) is 12.5 Å². The first kappa shape index (κ1) is 12.6. The molecule has 0 bridgehead atoms. The number of thiophene rings is 1. The van der Waals surface area contributed by atoms with E-state index in [4.69, 9.17) is 4.74 Å². The molecule has 1 aromatic carbocycles. The molecule has 0 amide bonds. The summed E-state index contributed by atoms with van der Waals surface area (Å²) in [5, 5.41) is 11.9. The van der Waals surface area contributed by atoms with Crippen molar-refractivity contribution in [3.05, 3.63) is 51.1 Å². The molecule has 1 heterocycles. The third kappa shape index (κ3) is 3.84. The number of halogens is 1. The number of hydrogen-bond donors (Lipinski definition) is 1. The average Bonchev–Trinajstić information content (AvgIpc) is 2.74. The second-order valence-corrected chi connectivity index (χ2v) is 5.53. The van der Waals surface area contributed by atoms with Crippen molar-refractivity contribution in [1.82, 2.24) is 0 Å². The van der Waals surface area contributed by atoms with Crippen molar-refractivity contribution >= 4 is 27.3 Å². The maximum Gasteiger partial charge on any atom is 0.119 e. The predicted octanol–water partition coefficient (Wildman–Crippen LogP) is 3.49. The van der Waals surface area contributed by atoms with E-state index in [-0.39, 0.29) is 0 Å². The zero-order valence-electron chi connectivity index (χ0n) is 9.17. The van der Waals surface area contributed by atoms with Crippen LogP contribution < -0.4 is 4.74 Å². The van der Waals surface area contributed by atoms with Gasteiger partial charge in [0, 0.05) is 15.8 Å². The fourth-order valence-corrected chi connectivity index (χ4v) is 3.04. The highest BCUT2D eigenvalue weighted by Crippen LogP contribution is 2.24. The molecule has 0 saturated carbocycles. The van der Waals surface area contributed by atoms with Crippen LogP contribution in [0.1, 0.15) is 4.88 Å². The summed E-state index contributed by atoms with van der Waals surface area (Å²) in [7, 11) is 0. The fourth-order valence-electron chi connectivity index (χ4n) is 1.45. The summed E-state index contributed by atoms with van der Waals surface area (Å²) in [6.45, 7) is 0.314. The average molecular weight is 313 g/mol. The van der Waals surface area contributed by atoms with Crippen LogP contribution in [0.25, 0.3) is 0 Å². The first-order valence-electron chi connectivity index (χ1n) is 5.33. The Morgan fingerprint density at radius 1 is 1.24 bits per heavy atom. The van der Waals surface area contributed by atoms with Crippen LogP contribution in [0.15, 0.2) is 46.3 Å². The molecule has 0 aliphatic carbocycles. The molecule has 0 aliphatic heterocycles. The van der Waals surface area contributed by atoms with Crippen LogP contribution in [0.5, 0.6) is 5.75 Å². The van der Waals surface area contributed by atoms with Crippen LogP contribution >= 0.6 is 27.3 Å². The second-order valence-electron chi connectivity index (χ2n) is 3.67. The Balaban J connectivity index is 1.82. The van der Waals surface area contributed by atoms with Crippen molar-refractivity contribution < 1.29 is 9.84 Å². The predicted molar refractivity (Wildman–Crippen MR) is 73.7 cm³/mol. The van der Waals surface area contributed by atoms with Gasteiger partial charge in [0.25, 0.3) is 0 Å². The molecule has 17 heavy (non-hydrogen) atoms. The van der Waals surface area contributed by atoms with E-state index in [1.165, 1.54) is 0 Å². The minimum Gasteiger partial charge on any atom is -0.491 e. The third-order valence-electron chi connectivity index (χ3n) is 2.30. The van der Waals surface area contributed by atoms with Gasteiger partial charge in [-0.2, -0.15) is 0 Å². The second kappa shape index (κ2) is 6.19. The number of rotatable bonds is 5. The van der Waals surface area contributed by atoms with Crippen molar-refractivity contribution in [2.24, 2.45) is 0 Å². The van der Waals surface area contributed by atoms with E-state index >= 15 is 0 Å². The summed E-state index contributed by atoms with van der Waals surface area (Å²) >= 11 is 5.09. The van der Waals surface area contributed by atoms with Crippen LogP contribution in [-0.4, -0.2) is 17.8 Å². The minimum absolute atomic E-state index is 0.314. The molecule has 1 unspecified atom stereocenters. The Morgan fingerprint density at radius 3 is 2.65 bits per heavy atom. The number of benzene rings is 1. The van der Waals surface area contributed by atoms with E-state index in [9.17, 15) is 5.11 Å². The lowest BCUT2D eigenvalue weighted by Crippen LogP contribution is -2.19. The van der Waals surface area contributed by atoms with E-state index in [0.717, 1.165) is 15.1 Å². The number of para-hydroxylation sites is 1. The van der Waals surface area contributed by atoms with E-state index in [2.05, 4.69) is 15.9 Å². The van der Waals surface area contributed by atoms with Gasteiger partial charge < -0.3 is 9.84 Å². The van der Waals surface area contributed by atoms with Gasteiger partial charge in [0.1, 0.15) is 12.4 Å². The number of ether oxygens (including phenoxy) is 1. The Kier molecular flexibility index (Phi) is 4.59. The van der Waals surface area contributed by atoms with Crippen LogP contribution in [0.2, 0.25) is 0 Å². The smallest absolute Gasteiger partial charge is 0.119 e. The Morgan fingerprint density at radius 2 is 2.00 bits per heavy atom. The number of aliphatic hydroxyl groups is 1. The van der Waals surface area contributed by atoms with Gasteiger partial charge in [0.2, 0.25) is 0 Å². The largest absolute Gasteiger partial charge is 0.491 e. The molecule has 4 heteroatoms. The molecule has 1 aromatic heterocycles. The molecule has 0 saturated heterocycles. The topological polar surface area (TPSA) is 29.5 Å². The van der Waals surface area contributed by atoms with Gasteiger partial charge in [0.15, 0.2) is 0 Å². The summed E-state index contributed by atoms with van der Waals surface area (Å²) in [5.41, 5.74) is 0. The Bertz CT molecular complexity index is 455. The van der Waals surface area contributed by atoms with E-state index in [0.29, 0.717) is 13.0 Å². The zero-order chi connectivity index (χ0) is 12.1. The summed E-state index contributed by atoms with van der Waals surface area (Å²) in [4.78, 5) is 1.15. The Labute approximate surface area is 113 Å². The minimum atomic E-state index is -0.481. The van der Waals surface area contributed by atoms with Crippen LogP contribution in [0.3, 0.4) is 0 Å². The van der Waals surface area contributed by atoms with Gasteiger partial charge in [0.05, 0.1) is 6.10 Å². The normalized spacial score (nSPS) is 12.4. The van der Waals surface area contributed by atoms with Gasteiger partial charge in [-0.15, -0.1) is 11.3 Å². The summed E-state index contributed by atoms with van der Waals surface area (Å²) < 4.78 is 6.55. The van der Waals surface area contributed by atoms with Gasteiger partial charge in [-0.25, -0.2) is 0 Å². The van der Waals surface area contributed by atoms with Gasteiger partial charge >= 0.3 is 0 Å². The van der Waals surface area contributed by atoms with Crippen LogP contribution in [-0.2, 0) is 6.42 Å². The molecular formula is C13H13BrO2S. The lowest BCUT2D eigenvalue weighted by molar-refractivity contribution is 0.108. The highest BCUT2D eigenvalue weighted by Gasteiger charge is 2.10. The van der Waals surface area contributed by atoms with Gasteiger partial charge in [-0.05, 0) is 39.5 Å². The third-order valence-corrected chi connectivity index (χ3v) is 4.25. The van der Waals surface area contributed by atoms with Gasteiger partial charge in [-0.1, -0.05) is 18.2 Å². The first-order chi connectivity index (χ1) is 8.25. The lowest BCUT2D eigenvalue weighted by atomic mass is 10.2. The zero-order valence-corrected chi connectivity index (χ0v) is 11.6. The molecule has 2 aromatic rings. The Hall–Kier alpha value is -0.840. The summed E-state index contributed by atoms with van der Waals surface area (Å²) in [5.74, 6) is 0.789. The number of hydrogen-bond acceptors (Lipinski definition) is 3. The van der Waals surface area contributed by atoms with Crippen molar-refractivity contribution in [2.75, 3.05) is 6.61 Å². The molecule has 2 nitrogen and oxygen atoms in total. The molecule has 1 N–H and O–H groups in total. The molecule has 0 spiro atoms. The molecule has 1 atom stereocenters. The van der Waals surface area contributed by atoms with E-state index < -0.39 is 6.10 Å². The highest BCUT2D eigenvalue weighted by atomic mass is 79.9. The molecule has 90 valence electrons. The molecule has 0 fully saturated rings. The molecule has 0 radical (unpaired) electrons. The monoisotopic (exact) mass is 312 g/mol. The lowest BCUT2D eigenvalue weighted by Gasteiger charge is -2.11. The first-order valence-corrected chi connectivity index (χ1v) is 7.01. The van der Waals surface area contributed by atoms with Crippen molar-refractivity contribution in [3.63, 3.8) is 0 Å². The molecule has 2 rings (SSSR count). The summed E-state index contributed by atoms with van der Waals surface area (Å²) in [6.07, 6.45) is 0.135. The van der Waals surface area contributed by atoms with Crippen LogP contribution in [0.4, 0.5) is 0 Å².